The smallest absolute Gasteiger partial charge is 0.182 e. The highest BCUT2D eigenvalue weighted by atomic mass is 32.2. The van der Waals surface area contributed by atoms with Crippen LogP contribution in [0, 0.1) is 18.2 Å². The van der Waals surface area contributed by atoms with Crippen molar-refractivity contribution in [2.24, 2.45) is 11.1 Å². The zero-order chi connectivity index (χ0) is 18.9. The largest absolute Gasteiger partial charge is 0.381 e. The van der Waals surface area contributed by atoms with Gasteiger partial charge in [0.2, 0.25) is 0 Å². The van der Waals surface area contributed by atoms with Crippen molar-refractivity contribution < 1.29 is 17.5 Å². The molecule has 0 radical (unpaired) electrons. The van der Waals surface area contributed by atoms with Crippen molar-refractivity contribution in [2.75, 3.05) is 19.8 Å². The van der Waals surface area contributed by atoms with Crippen molar-refractivity contribution in [3.63, 3.8) is 0 Å². The number of rotatable bonds is 7. The Balaban J connectivity index is 2.03. The van der Waals surface area contributed by atoms with Crippen molar-refractivity contribution in [3.8, 4) is 0 Å². The molecule has 0 saturated heterocycles. The minimum absolute atomic E-state index is 0.185. The lowest BCUT2D eigenvalue weighted by molar-refractivity contribution is 0.101. The SMILES string of the molecule is CCOC[C@]1(CN)[C@H](c2ccc(F)cc2)[C@@H]1S(=O)(=O)c1ccc(C)cc1. The summed E-state index contributed by atoms with van der Waals surface area (Å²) in [5, 5.41) is -0.681. The van der Waals surface area contributed by atoms with Gasteiger partial charge in [-0.05, 0) is 43.7 Å². The summed E-state index contributed by atoms with van der Waals surface area (Å²) in [6.45, 7) is 4.70. The van der Waals surface area contributed by atoms with Crippen molar-refractivity contribution in [1.82, 2.24) is 0 Å². The fourth-order valence-corrected chi connectivity index (χ4v) is 6.20. The van der Waals surface area contributed by atoms with E-state index in [1.165, 1.54) is 12.1 Å². The van der Waals surface area contributed by atoms with E-state index in [1.54, 1.807) is 36.4 Å². The zero-order valence-electron chi connectivity index (χ0n) is 15.0. The Hall–Kier alpha value is -1.76. The van der Waals surface area contributed by atoms with E-state index in [0.717, 1.165) is 11.1 Å². The third-order valence-electron chi connectivity index (χ3n) is 5.25. The Morgan fingerprint density at radius 2 is 1.73 bits per heavy atom. The molecule has 1 fully saturated rings. The molecule has 0 amide bonds. The normalized spacial score (nSPS) is 25.2. The number of benzene rings is 2. The second-order valence-electron chi connectivity index (χ2n) is 6.88. The van der Waals surface area contributed by atoms with Gasteiger partial charge in [0, 0.05) is 24.5 Å². The Labute approximate surface area is 154 Å². The van der Waals surface area contributed by atoms with E-state index < -0.39 is 20.5 Å². The molecule has 2 aromatic rings. The molecule has 1 aliphatic rings. The second-order valence-corrected chi connectivity index (χ2v) is 8.95. The first-order valence-electron chi connectivity index (χ1n) is 8.70. The molecule has 0 spiro atoms. The van der Waals surface area contributed by atoms with E-state index in [4.69, 9.17) is 10.5 Å². The number of hydrogen-bond donors (Lipinski definition) is 1. The summed E-state index contributed by atoms with van der Waals surface area (Å²) < 4.78 is 45.5. The first-order chi connectivity index (χ1) is 12.4. The number of hydrogen-bond acceptors (Lipinski definition) is 4. The Bertz CT molecular complexity index is 865. The van der Waals surface area contributed by atoms with Crippen LogP contribution in [0.15, 0.2) is 53.4 Å². The first-order valence-corrected chi connectivity index (χ1v) is 10.3. The lowest BCUT2D eigenvalue weighted by atomic mass is 10.00. The second kappa shape index (κ2) is 7.10. The summed E-state index contributed by atoms with van der Waals surface area (Å²) in [7, 11) is -3.59. The minimum Gasteiger partial charge on any atom is -0.381 e. The molecule has 4 nitrogen and oxygen atoms in total. The van der Waals surface area contributed by atoms with Gasteiger partial charge >= 0.3 is 0 Å². The molecule has 0 aromatic heterocycles. The highest BCUT2D eigenvalue weighted by Crippen LogP contribution is 2.63. The number of sulfone groups is 1. The van der Waals surface area contributed by atoms with Crippen molar-refractivity contribution in [2.45, 2.75) is 29.9 Å². The number of halogens is 1. The molecular weight excluding hydrogens is 353 g/mol. The predicted octanol–water partition coefficient (Wildman–Crippen LogP) is 3.06. The van der Waals surface area contributed by atoms with E-state index in [9.17, 15) is 12.8 Å². The molecule has 2 N–H and O–H groups in total. The fraction of sp³-hybridized carbons (Fsp3) is 0.400. The van der Waals surface area contributed by atoms with Gasteiger partial charge in [-0.15, -0.1) is 0 Å². The monoisotopic (exact) mass is 377 g/mol. The molecule has 1 aliphatic carbocycles. The maximum absolute atomic E-state index is 13.3. The molecule has 0 unspecified atom stereocenters. The van der Waals surface area contributed by atoms with Gasteiger partial charge in [0.25, 0.3) is 0 Å². The average molecular weight is 377 g/mol. The van der Waals surface area contributed by atoms with Crippen LogP contribution in [0.2, 0.25) is 0 Å². The van der Waals surface area contributed by atoms with Gasteiger partial charge in [0.15, 0.2) is 9.84 Å². The molecule has 3 atom stereocenters. The zero-order valence-corrected chi connectivity index (χ0v) is 15.8. The van der Waals surface area contributed by atoms with Gasteiger partial charge in [-0.1, -0.05) is 29.8 Å². The molecule has 0 aliphatic heterocycles. The van der Waals surface area contributed by atoms with Crippen LogP contribution in [0.5, 0.6) is 0 Å². The lowest BCUT2D eigenvalue weighted by Gasteiger charge is -2.16. The van der Waals surface area contributed by atoms with E-state index in [2.05, 4.69) is 0 Å². The Morgan fingerprint density at radius 3 is 2.27 bits per heavy atom. The summed E-state index contributed by atoms with van der Waals surface area (Å²) in [6.07, 6.45) is 0. The standard InChI is InChI=1S/C20H24FNO3S/c1-3-25-13-20(12-22)18(15-6-8-16(21)9-7-15)19(20)26(23,24)17-10-4-14(2)5-11-17/h4-11,18-19H,3,12-13,22H2,1-2H3/t18-,19+,20-/m1/s1. The Kier molecular flexibility index (Phi) is 5.19. The average Bonchev–Trinajstić information content (AvgIpc) is 3.31. The topological polar surface area (TPSA) is 69.4 Å². The van der Waals surface area contributed by atoms with Gasteiger partial charge in [0.05, 0.1) is 16.8 Å². The van der Waals surface area contributed by atoms with Crippen LogP contribution < -0.4 is 5.73 Å². The molecule has 3 rings (SSSR count). The Morgan fingerprint density at radius 1 is 1.12 bits per heavy atom. The van der Waals surface area contributed by atoms with E-state index in [-0.39, 0.29) is 29.8 Å². The highest BCUT2D eigenvalue weighted by Gasteiger charge is 2.70. The molecule has 6 heteroatoms. The highest BCUT2D eigenvalue weighted by molar-refractivity contribution is 7.92. The maximum Gasteiger partial charge on any atom is 0.182 e. The van der Waals surface area contributed by atoms with Crippen LogP contribution in [0.25, 0.3) is 0 Å². The first kappa shape index (κ1) is 19.0. The molecule has 26 heavy (non-hydrogen) atoms. The van der Waals surface area contributed by atoms with Crippen LogP contribution in [0.1, 0.15) is 24.0 Å². The summed E-state index contributed by atoms with van der Waals surface area (Å²) in [6, 6.07) is 12.8. The van der Waals surface area contributed by atoms with Gasteiger partial charge < -0.3 is 10.5 Å². The molecule has 0 heterocycles. The molecule has 0 bridgehead atoms. The predicted molar refractivity (Wildman–Crippen MR) is 99.3 cm³/mol. The summed E-state index contributed by atoms with van der Waals surface area (Å²) >= 11 is 0. The van der Waals surface area contributed by atoms with Crippen LogP contribution >= 0.6 is 0 Å². The summed E-state index contributed by atoms with van der Waals surface area (Å²) in [5.74, 6) is -0.665. The molecule has 140 valence electrons. The van der Waals surface area contributed by atoms with Gasteiger partial charge in [0.1, 0.15) is 5.82 Å². The number of ether oxygens (including phenoxy) is 1. The minimum atomic E-state index is -3.59. The van der Waals surface area contributed by atoms with Gasteiger partial charge in [-0.25, -0.2) is 12.8 Å². The van der Waals surface area contributed by atoms with Crippen LogP contribution in [0.3, 0.4) is 0 Å². The van der Waals surface area contributed by atoms with Gasteiger partial charge in [-0.3, -0.25) is 0 Å². The summed E-state index contributed by atoms with van der Waals surface area (Å²) in [5.41, 5.74) is 7.11. The number of aryl methyl sites for hydroxylation is 1. The van der Waals surface area contributed by atoms with Crippen LogP contribution in [-0.4, -0.2) is 33.4 Å². The third-order valence-corrected chi connectivity index (χ3v) is 7.59. The van der Waals surface area contributed by atoms with Crippen molar-refractivity contribution in [1.29, 1.82) is 0 Å². The van der Waals surface area contributed by atoms with Crippen LogP contribution in [0.4, 0.5) is 4.39 Å². The molecular formula is C20H24FNO3S. The van der Waals surface area contributed by atoms with E-state index in [0.29, 0.717) is 6.61 Å². The lowest BCUT2D eigenvalue weighted by Crippen LogP contribution is -2.29. The fourth-order valence-electron chi connectivity index (χ4n) is 3.76. The maximum atomic E-state index is 13.3. The summed E-state index contributed by atoms with van der Waals surface area (Å²) in [4.78, 5) is 0.284. The quantitative estimate of drug-likeness (QED) is 0.805. The van der Waals surface area contributed by atoms with Crippen molar-refractivity contribution >= 4 is 9.84 Å². The third kappa shape index (κ3) is 3.17. The van der Waals surface area contributed by atoms with Crippen LogP contribution in [-0.2, 0) is 14.6 Å². The number of nitrogens with two attached hydrogens (primary N) is 1. The van der Waals surface area contributed by atoms with Crippen molar-refractivity contribution in [3.05, 3.63) is 65.5 Å². The van der Waals surface area contributed by atoms with E-state index in [1.807, 2.05) is 13.8 Å². The molecule has 1 saturated carbocycles. The van der Waals surface area contributed by atoms with E-state index >= 15 is 0 Å². The van der Waals surface area contributed by atoms with Gasteiger partial charge in [-0.2, -0.15) is 0 Å². The molecule has 2 aromatic carbocycles.